The van der Waals surface area contributed by atoms with E-state index < -0.39 is 0 Å². The fourth-order valence-electron chi connectivity index (χ4n) is 2.68. The molecule has 1 aliphatic rings. The molecule has 0 saturated heterocycles. The maximum absolute atomic E-state index is 12.3. The van der Waals surface area contributed by atoms with Crippen molar-refractivity contribution in [3.63, 3.8) is 0 Å². The number of ketones is 1. The molecule has 0 heterocycles. The van der Waals surface area contributed by atoms with Crippen molar-refractivity contribution >= 4 is 5.78 Å². The Balaban J connectivity index is 2.18. The van der Waals surface area contributed by atoms with Crippen LogP contribution in [0.5, 0.6) is 0 Å². The van der Waals surface area contributed by atoms with Gasteiger partial charge in [0.2, 0.25) is 0 Å². The van der Waals surface area contributed by atoms with Crippen molar-refractivity contribution in [1.29, 1.82) is 0 Å². The Bertz CT molecular complexity index is 386. The Hall–Kier alpha value is -1.15. The maximum Gasteiger partial charge on any atom is 0.166 e. The predicted octanol–water partition coefficient (Wildman–Crippen LogP) is 2.55. The zero-order valence-electron chi connectivity index (χ0n) is 9.78. The summed E-state index contributed by atoms with van der Waals surface area (Å²) in [5.41, 5.74) is 7.72. The van der Waals surface area contributed by atoms with Gasteiger partial charge in [0.05, 0.1) is 0 Å². The Morgan fingerprint density at radius 3 is 2.94 bits per heavy atom. The van der Waals surface area contributed by atoms with Crippen molar-refractivity contribution in [3.05, 3.63) is 35.4 Å². The molecule has 86 valence electrons. The zero-order chi connectivity index (χ0) is 11.5. The van der Waals surface area contributed by atoms with E-state index in [2.05, 4.69) is 0 Å². The first-order valence-corrected chi connectivity index (χ1v) is 6.03. The lowest BCUT2D eigenvalue weighted by Crippen LogP contribution is -2.25. The van der Waals surface area contributed by atoms with Crippen LogP contribution in [-0.2, 0) is 0 Å². The van der Waals surface area contributed by atoms with Crippen LogP contribution in [0.25, 0.3) is 0 Å². The second kappa shape index (κ2) is 4.79. The maximum atomic E-state index is 12.3. The van der Waals surface area contributed by atoms with Crippen LogP contribution in [0.15, 0.2) is 24.3 Å². The lowest BCUT2D eigenvalue weighted by molar-refractivity contribution is 0.0893. The van der Waals surface area contributed by atoms with Crippen molar-refractivity contribution in [2.75, 3.05) is 6.54 Å². The summed E-state index contributed by atoms with van der Waals surface area (Å²) in [6.45, 7) is 2.66. The molecule has 2 heteroatoms. The zero-order valence-corrected chi connectivity index (χ0v) is 9.78. The van der Waals surface area contributed by atoms with Gasteiger partial charge in [-0.15, -0.1) is 0 Å². The van der Waals surface area contributed by atoms with E-state index in [4.69, 9.17) is 5.73 Å². The summed E-state index contributed by atoms with van der Waals surface area (Å²) < 4.78 is 0. The molecule has 16 heavy (non-hydrogen) atoms. The van der Waals surface area contributed by atoms with Crippen LogP contribution < -0.4 is 5.73 Å². The number of rotatable bonds is 3. The van der Waals surface area contributed by atoms with E-state index in [1.165, 1.54) is 0 Å². The van der Waals surface area contributed by atoms with E-state index in [0.29, 0.717) is 12.5 Å². The van der Waals surface area contributed by atoms with Crippen LogP contribution in [-0.4, -0.2) is 12.3 Å². The minimum atomic E-state index is 0.159. The summed E-state index contributed by atoms with van der Waals surface area (Å²) in [5, 5.41) is 0. The number of aryl methyl sites for hydroxylation is 1. The number of carbonyl (C=O) groups is 1. The van der Waals surface area contributed by atoms with Crippen molar-refractivity contribution in [2.45, 2.75) is 26.2 Å². The number of nitrogens with two attached hydrogens (primary N) is 1. The van der Waals surface area contributed by atoms with Crippen LogP contribution in [0.3, 0.4) is 0 Å². The van der Waals surface area contributed by atoms with Gasteiger partial charge in [-0.25, -0.2) is 0 Å². The summed E-state index contributed by atoms with van der Waals surface area (Å²) >= 11 is 0. The highest BCUT2D eigenvalue weighted by Crippen LogP contribution is 2.33. The smallest absolute Gasteiger partial charge is 0.166 e. The molecular weight excluding hydrogens is 198 g/mol. The summed E-state index contributed by atoms with van der Waals surface area (Å²) in [7, 11) is 0. The fourth-order valence-corrected chi connectivity index (χ4v) is 2.68. The molecular formula is C14H19NO. The summed E-state index contributed by atoms with van der Waals surface area (Å²) in [4.78, 5) is 12.3. The standard InChI is InChI=1S/C14H19NO/c1-10-4-2-5-11(8-10)14(16)13-7-3-6-12(13)9-15/h2,4-5,8,12-13H,3,6-7,9,15H2,1H3. The molecule has 1 aromatic rings. The number of benzene rings is 1. The lowest BCUT2D eigenvalue weighted by atomic mass is 9.88. The molecule has 0 aliphatic heterocycles. The summed E-state index contributed by atoms with van der Waals surface area (Å²) in [5.74, 6) is 0.844. The van der Waals surface area contributed by atoms with E-state index in [-0.39, 0.29) is 11.7 Å². The van der Waals surface area contributed by atoms with Gasteiger partial charge in [0.1, 0.15) is 0 Å². The van der Waals surface area contributed by atoms with Crippen molar-refractivity contribution < 1.29 is 4.79 Å². The SMILES string of the molecule is Cc1cccc(C(=O)C2CCCC2CN)c1. The summed E-state index contributed by atoms with van der Waals surface area (Å²) in [6.07, 6.45) is 3.26. The molecule has 2 N–H and O–H groups in total. The third-order valence-corrected chi connectivity index (χ3v) is 3.60. The minimum absolute atomic E-state index is 0.159. The second-order valence-corrected chi connectivity index (χ2v) is 4.77. The van der Waals surface area contributed by atoms with Gasteiger partial charge in [0, 0.05) is 11.5 Å². The Morgan fingerprint density at radius 2 is 2.25 bits per heavy atom. The molecule has 1 saturated carbocycles. The van der Waals surface area contributed by atoms with Gasteiger partial charge in [-0.05, 0) is 38.3 Å². The molecule has 1 aromatic carbocycles. The topological polar surface area (TPSA) is 43.1 Å². The van der Waals surface area contributed by atoms with Gasteiger partial charge in [-0.3, -0.25) is 4.79 Å². The predicted molar refractivity (Wildman–Crippen MR) is 65.4 cm³/mol. The van der Waals surface area contributed by atoms with Gasteiger partial charge in [0.25, 0.3) is 0 Å². The molecule has 1 aliphatic carbocycles. The molecule has 1 fully saturated rings. The van der Waals surface area contributed by atoms with E-state index >= 15 is 0 Å². The normalized spacial score (nSPS) is 24.6. The van der Waals surface area contributed by atoms with Crippen LogP contribution in [0, 0.1) is 18.8 Å². The first-order chi connectivity index (χ1) is 7.72. The van der Waals surface area contributed by atoms with Gasteiger partial charge >= 0.3 is 0 Å². The molecule has 0 radical (unpaired) electrons. The molecule has 2 unspecified atom stereocenters. The first kappa shape index (κ1) is 11.3. The van der Waals surface area contributed by atoms with Crippen LogP contribution in [0.2, 0.25) is 0 Å². The third-order valence-electron chi connectivity index (χ3n) is 3.60. The van der Waals surface area contributed by atoms with Crippen LogP contribution in [0.4, 0.5) is 0 Å². The first-order valence-electron chi connectivity index (χ1n) is 6.03. The van der Waals surface area contributed by atoms with E-state index in [1.54, 1.807) is 0 Å². The Morgan fingerprint density at radius 1 is 1.44 bits per heavy atom. The molecule has 0 amide bonds. The minimum Gasteiger partial charge on any atom is -0.330 e. The molecule has 0 bridgehead atoms. The average molecular weight is 217 g/mol. The van der Waals surface area contributed by atoms with Gasteiger partial charge < -0.3 is 5.73 Å². The molecule has 2 rings (SSSR count). The highest BCUT2D eigenvalue weighted by Gasteiger charge is 2.32. The Kier molecular flexibility index (Phi) is 3.39. The van der Waals surface area contributed by atoms with Gasteiger partial charge in [-0.2, -0.15) is 0 Å². The monoisotopic (exact) mass is 217 g/mol. The number of hydrogen-bond donors (Lipinski definition) is 1. The lowest BCUT2D eigenvalue weighted by Gasteiger charge is -2.16. The second-order valence-electron chi connectivity index (χ2n) is 4.77. The van der Waals surface area contributed by atoms with E-state index in [9.17, 15) is 4.79 Å². The molecule has 2 atom stereocenters. The quantitative estimate of drug-likeness (QED) is 0.791. The van der Waals surface area contributed by atoms with Gasteiger partial charge in [0.15, 0.2) is 5.78 Å². The molecule has 0 spiro atoms. The van der Waals surface area contributed by atoms with Crippen molar-refractivity contribution in [1.82, 2.24) is 0 Å². The number of hydrogen-bond acceptors (Lipinski definition) is 2. The molecule has 0 aromatic heterocycles. The highest BCUT2D eigenvalue weighted by molar-refractivity contribution is 5.98. The van der Waals surface area contributed by atoms with E-state index in [1.807, 2.05) is 31.2 Å². The Labute approximate surface area is 96.8 Å². The van der Waals surface area contributed by atoms with Crippen molar-refractivity contribution in [3.8, 4) is 0 Å². The van der Waals surface area contributed by atoms with Gasteiger partial charge in [-0.1, -0.05) is 30.2 Å². The van der Waals surface area contributed by atoms with Crippen LogP contribution in [0.1, 0.15) is 35.2 Å². The summed E-state index contributed by atoms with van der Waals surface area (Å²) in [6, 6.07) is 7.87. The average Bonchev–Trinajstić information content (AvgIpc) is 2.76. The van der Waals surface area contributed by atoms with Crippen LogP contribution >= 0.6 is 0 Å². The highest BCUT2D eigenvalue weighted by atomic mass is 16.1. The largest absolute Gasteiger partial charge is 0.330 e. The fraction of sp³-hybridized carbons (Fsp3) is 0.500. The van der Waals surface area contributed by atoms with E-state index in [0.717, 1.165) is 30.4 Å². The third kappa shape index (κ3) is 2.17. The number of Topliss-reactive ketones (excluding diaryl/α,β-unsaturated/α-hetero) is 1. The molecule has 2 nitrogen and oxygen atoms in total. The van der Waals surface area contributed by atoms with Crippen molar-refractivity contribution in [2.24, 2.45) is 17.6 Å². The number of carbonyl (C=O) groups excluding carboxylic acids is 1.